The Kier molecular flexibility index (Phi) is 4.39. The van der Waals surface area contributed by atoms with E-state index in [0.717, 1.165) is 0 Å². The third-order valence-corrected chi connectivity index (χ3v) is 2.56. The monoisotopic (exact) mass is 273 g/mol. The van der Waals surface area contributed by atoms with Crippen molar-refractivity contribution in [1.29, 1.82) is 0 Å². The number of amides is 1. The fourth-order valence-electron chi connectivity index (χ4n) is 1.59. The van der Waals surface area contributed by atoms with Crippen LogP contribution < -0.4 is 21.3 Å². The van der Waals surface area contributed by atoms with Crippen molar-refractivity contribution in [2.45, 2.75) is 0 Å². The number of aromatic amines is 1. The second kappa shape index (κ2) is 6.42. The summed E-state index contributed by atoms with van der Waals surface area (Å²) in [4.78, 5) is 25.0. The smallest absolute Gasteiger partial charge is 0.252 e. The molecule has 104 valence electrons. The van der Waals surface area contributed by atoms with E-state index >= 15 is 0 Å². The number of aromatic nitrogens is 1. The van der Waals surface area contributed by atoms with Gasteiger partial charge in [-0.3, -0.25) is 9.59 Å². The Hall–Kier alpha value is -2.76. The average Bonchev–Trinajstić information content (AvgIpc) is 2.44. The van der Waals surface area contributed by atoms with Gasteiger partial charge in [0.1, 0.15) is 12.4 Å². The molecule has 0 spiro atoms. The first-order chi connectivity index (χ1) is 9.65. The molecule has 1 amide bonds. The number of anilines is 1. The second-order valence-corrected chi connectivity index (χ2v) is 4.12. The van der Waals surface area contributed by atoms with Gasteiger partial charge in [0.25, 0.3) is 5.91 Å². The van der Waals surface area contributed by atoms with Crippen molar-refractivity contribution in [3.8, 4) is 5.75 Å². The normalized spacial score (nSPS) is 10.0. The van der Waals surface area contributed by atoms with Crippen molar-refractivity contribution in [3.05, 3.63) is 58.5 Å². The molecule has 4 N–H and O–H groups in total. The van der Waals surface area contributed by atoms with Gasteiger partial charge in [0, 0.05) is 24.0 Å². The number of H-pyrrole nitrogens is 1. The third kappa shape index (κ3) is 3.88. The van der Waals surface area contributed by atoms with Gasteiger partial charge in [0.05, 0.1) is 12.1 Å². The van der Waals surface area contributed by atoms with Crippen LogP contribution in [-0.2, 0) is 0 Å². The number of carbonyl (C=O) groups is 1. The van der Waals surface area contributed by atoms with Crippen LogP contribution in [-0.4, -0.2) is 24.0 Å². The van der Waals surface area contributed by atoms with Crippen LogP contribution in [0.1, 0.15) is 10.4 Å². The topological polar surface area (TPSA) is 97.2 Å². The molecule has 20 heavy (non-hydrogen) atoms. The van der Waals surface area contributed by atoms with Gasteiger partial charge in [-0.15, -0.1) is 0 Å². The lowest BCUT2D eigenvalue weighted by atomic mass is 10.3. The maximum atomic E-state index is 11.7. The van der Waals surface area contributed by atoms with E-state index in [0.29, 0.717) is 30.2 Å². The molecule has 0 fully saturated rings. The van der Waals surface area contributed by atoms with Crippen LogP contribution in [0.5, 0.6) is 5.75 Å². The van der Waals surface area contributed by atoms with E-state index < -0.39 is 0 Å². The molecule has 0 saturated carbocycles. The van der Waals surface area contributed by atoms with E-state index in [4.69, 9.17) is 10.5 Å². The molecule has 2 aromatic rings. The maximum Gasteiger partial charge on any atom is 0.252 e. The van der Waals surface area contributed by atoms with Crippen LogP contribution in [0.3, 0.4) is 0 Å². The molecule has 0 saturated heterocycles. The number of carbonyl (C=O) groups excluding carboxylic acids is 1. The van der Waals surface area contributed by atoms with Crippen LogP contribution in [0.4, 0.5) is 5.69 Å². The summed E-state index contributed by atoms with van der Waals surface area (Å²) in [5.41, 5.74) is 6.40. The number of rotatable bonds is 5. The van der Waals surface area contributed by atoms with E-state index in [-0.39, 0.29) is 11.5 Å². The summed E-state index contributed by atoms with van der Waals surface area (Å²) in [5, 5.41) is 2.69. The molecular weight excluding hydrogens is 258 g/mol. The number of nitrogens with one attached hydrogen (secondary N) is 2. The first-order valence-corrected chi connectivity index (χ1v) is 6.10. The molecule has 0 bridgehead atoms. The number of nitrogens with two attached hydrogens (primary N) is 1. The van der Waals surface area contributed by atoms with E-state index in [1.54, 1.807) is 24.3 Å². The lowest BCUT2D eigenvalue weighted by Gasteiger charge is -2.08. The van der Waals surface area contributed by atoms with E-state index in [1.807, 2.05) is 0 Å². The summed E-state index contributed by atoms with van der Waals surface area (Å²) < 4.78 is 5.44. The molecule has 0 aliphatic carbocycles. The highest BCUT2D eigenvalue weighted by Crippen LogP contribution is 2.13. The van der Waals surface area contributed by atoms with Crippen molar-refractivity contribution in [2.75, 3.05) is 18.9 Å². The molecule has 0 atom stereocenters. The summed E-state index contributed by atoms with van der Waals surface area (Å²) in [6.07, 6.45) is 1.37. The molecule has 0 radical (unpaired) electrons. The van der Waals surface area contributed by atoms with Gasteiger partial charge in [-0.05, 0) is 18.2 Å². The molecule has 1 aromatic carbocycles. The number of pyridine rings is 1. The largest absolute Gasteiger partial charge is 0.492 e. The van der Waals surface area contributed by atoms with E-state index in [9.17, 15) is 9.59 Å². The molecule has 0 aliphatic heterocycles. The van der Waals surface area contributed by atoms with Crippen LogP contribution >= 0.6 is 0 Å². The number of hydrogen-bond acceptors (Lipinski definition) is 4. The molecule has 0 aliphatic rings. The Labute approximate surface area is 115 Å². The minimum Gasteiger partial charge on any atom is -0.492 e. The third-order valence-electron chi connectivity index (χ3n) is 2.56. The zero-order valence-corrected chi connectivity index (χ0v) is 10.8. The molecule has 6 heteroatoms. The van der Waals surface area contributed by atoms with Crippen LogP contribution in [0.15, 0.2) is 47.4 Å². The van der Waals surface area contributed by atoms with Gasteiger partial charge in [0.15, 0.2) is 0 Å². The molecule has 2 rings (SSSR count). The number of nitrogen functional groups attached to an aromatic ring is 1. The zero-order chi connectivity index (χ0) is 14.4. The summed E-state index contributed by atoms with van der Waals surface area (Å²) in [6, 6.07) is 9.84. The Morgan fingerprint density at radius 2 is 2.15 bits per heavy atom. The standard InChI is InChI=1S/C14H15N3O3/c15-11-2-1-3-12(8-11)20-7-6-16-14(19)10-4-5-13(18)17-9-10/h1-5,8-9H,6-7,15H2,(H,16,19)(H,17,18). The predicted octanol–water partition coefficient (Wildman–Crippen LogP) is 0.766. The van der Waals surface area contributed by atoms with Crippen molar-refractivity contribution in [2.24, 2.45) is 0 Å². The van der Waals surface area contributed by atoms with Crippen molar-refractivity contribution < 1.29 is 9.53 Å². The first-order valence-electron chi connectivity index (χ1n) is 6.10. The lowest BCUT2D eigenvalue weighted by Crippen LogP contribution is -2.28. The van der Waals surface area contributed by atoms with Gasteiger partial charge in [-0.25, -0.2) is 0 Å². The Morgan fingerprint density at radius 1 is 1.30 bits per heavy atom. The summed E-state index contributed by atoms with van der Waals surface area (Å²) >= 11 is 0. The number of hydrogen-bond donors (Lipinski definition) is 3. The van der Waals surface area contributed by atoms with E-state index in [1.165, 1.54) is 18.3 Å². The van der Waals surface area contributed by atoms with Crippen LogP contribution in [0, 0.1) is 0 Å². The minimum atomic E-state index is -0.266. The highest BCUT2D eigenvalue weighted by Gasteiger charge is 2.04. The summed E-state index contributed by atoms with van der Waals surface area (Å²) in [5.74, 6) is 0.390. The highest BCUT2D eigenvalue weighted by molar-refractivity contribution is 5.93. The van der Waals surface area contributed by atoms with Gasteiger partial charge < -0.3 is 20.8 Å². The highest BCUT2D eigenvalue weighted by atomic mass is 16.5. The molecular formula is C14H15N3O3. The second-order valence-electron chi connectivity index (χ2n) is 4.12. The summed E-state index contributed by atoms with van der Waals surface area (Å²) in [7, 11) is 0. The Balaban J connectivity index is 1.77. The summed E-state index contributed by atoms with van der Waals surface area (Å²) in [6.45, 7) is 0.686. The Bertz CT molecular complexity index is 632. The first kappa shape index (κ1) is 13.7. The zero-order valence-electron chi connectivity index (χ0n) is 10.8. The average molecular weight is 273 g/mol. The van der Waals surface area contributed by atoms with Gasteiger partial charge in [0.2, 0.25) is 5.56 Å². The van der Waals surface area contributed by atoms with Crippen LogP contribution in [0.2, 0.25) is 0 Å². The van der Waals surface area contributed by atoms with Crippen LogP contribution in [0.25, 0.3) is 0 Å². The fraction of sp³-hybridized carbons (Fsp3) is 0.143. The predicted molar refractivity (Wildman–Crippen MR) is 75.7 cm³/mol. The van der Waals surface area contributed by atoms with Gasteiger partial charge in [-0.2, -0.15) is 0 Å². The maximum absolute atomic E-state index is 11.7. The molecule has 0 unspecified atom stereocenters. The molecule has 6 nitrogen and oxygen atoms in total. The van der Waals surface area contributed by atoms with Crippen molar-refractivity contribution in [1.82, 2.24) is 10.3 Å². The van der Waals surface area contributed by atoms with Gasteiger partial charge >= 0.3 is 0 Å². The molecule has 1 aromatic heterocycles. The Morgan fingerprint density at radius 3 is 2.85 bits per heavy atom. The molecule has 1 heterocycles. The van der Waals surface area contributed by atoms with Crippen molar-refractivity contribution in [3.63, 3.8) is 0 Å². The van der Waals surface area contributed by atoms with Crippen molar-refractivity contribution >= 4 is 11.6 Å². The lowest BCUT2D eigenvalue weighted by molar-refractivity contribution is 0.0946. The SMILES string of the molecule is Nc1cccc(OCCNC(=O)c2ccc(=O)[nH]c2)c1. The minimum absolute atomic E-state index is 0.244. The number of benzene rings is 1. The van der Waals surface area contributed by atoms with E-state index in [2.05, 4.69) is 10.3 Å². The number of ether oxygens (including phenoxy) is 1. The quantitative estimate of drug-likeness (QED) is 0.553. The fourth-order valence-corrected chi connectivity index (χ4v) is 1.59. The van der Waals surface area contributed by atoms with Gasteiger partial charge in [-0.1, -0.05) is 6.07 Å².